The molecule has 4 nitrogen and oxygen atoms in total. The Hall–Kier alpha value is -1.85. The highest BCUT2D eigenvalue weighted by atomic mass is 35.5. The molecule has 2 heterocycles. The minimum atomic E-state index is 0.287. The van der Waals surface area contributed by atoms with E-state index in [9.17, 15) is 0 Å². The van der Waals surface area contributed by atoms with Gasteiger partial charge in [0, 0.05) is 10.6 Å². The first-order valence-corrected chi connectivity index (χ1v) is 9.91. The summed E-state index contributed by atoms with van der Waals surface area (Å²) in [7, 11) is 0. The third-order valence-electron chi connectivity index (χ3n) is 4.42. The number of nitrogens with one attached hydrogen (secondary N) is 1. The molecule has 0 bridgehead atoms. The highest BCUT2D eigenvalue weighted by Gasteiger charge is 2.22. The lowest BCUT2D eigenvalue weighted by Gasteiger charge is -2.10. The van der Waals surface area contributed by atoms with Crippen molar-refractivity contribution in [2.45, 2.75) is 39.0 Å². The summed E-state index contributed by atoms with van der Waals surface area (Å²) in [6.07, 6.45) is 5.65. The molecule has 25 heavy (non-hydrogen) atoms. The molecular formula is C19H20ClN3OS. The standard InChI is InChI=1S/C19H20ClN3OS/c1-2-3-11-24-13-9-7-12(8-10-13)21-17-16-14-5-4-6-15(14)25-18(16)23-19(20)22-17/h7-10H,2-6,11H2,1H3,(H,21,22,23). The molecule has 3 aromatic rings. The number of benzene rings is 1. The van der Waals surface area contributed by atoms with Crippen LogP contribution in [0.3, 0.4) is 0 Å². The Balaban J connectivity index is 1.60. The van der Waals surface area contributed by atoms with Crippen LogP contribution in [-0.2, 0) is 12.8 Å². The van der Waals surface area contributed by atoms with Crippen molar-refractivity contribution in [3.63, 3.8) is 0 Å². The van der Waals surface area contributed by atoms with E-state index in [1.54, 1.807) is 11.3 Å². The molecule has 6 heteroatoms. The van der Waals surface area contributed by atoms with Gasteiger partial charge in [-0.15, -0.1) is 11.3 Å². The van der Waals surface area contributed by atoms with Crippen LogP contribution in [0.5, 0.6) is 5.75 Å². The molecular weight excluding hydrogens is 354 g/mol. The van der Waals surface area contributed by atoms with Crippen molar-refractivity contribution in [2.24, 2.45) is 0 Å². The van der Waals surface area contributed by atoms with Crippen LogP contribution in [-0.4, -0.2) is 16.6 Å². The van der Waals surface area contributed by atoms with Gasteiger partial charge in [-0.25, -0.2) is 4.98 Å². The topological polar surface area (TPSA) is 47.0 Å². The molecule has 0 saturated carbocycles. The number of hydrogen-bond acceptors (Lipinski definition) is 5. The molecule has 1 N–H and O–H groups in total. The van der Waals surface area contributed by atoms with Crippen molar-refractivity contribution in [2.75, 3.05) is 11.9 Å². The zero-order valence-electron chi connectivity index (χ0n) is 14.1. The van der Waals surface area contributed by atoms with Crippen molar-refractivity contribution >= 4 is 44.7 Å². The summed E-state index contributed by atoms with van der Waals surface area (Å²) in [5.41, 5.74) is 2.36. The van der Waals surface area contributed by atoms with Crippen LogP contribution in [0.1, 0.15) is 36.6 Å². The van der Waals surface area contributed by atoms with Crippen LogP contribution in [0.25, 0.3) is 10.2 Å². The summed E-state index contributed by atoms with van der Waals surface area (Å²) in [5, 5.41) is 4.83. The van der Waals surface area contributed by atoms with Crippen molar-refractivity contribution in [1.82, 2.24) is 9.97 Å². The van der Waals surface area contributed by atoms with Crippen LogP contribution in [0.15, 0.2) is 24.3 Å². The number of fused-ring (bicyclic) bond motifs is 3. The molecule has 0 amide bonds. The fourth-order valence-corrected chi connectivity index (χ4v) is 4.65. The number of hydrogen-bond donors (Lipinski definition) is 1. The van der Waals surface area contributed by atoms with Gasteiger partial charge in [-0.3, -0.25) is 0 Å². The number of rotatable bonds is 6. The molecule has 4 rings (SSSR count). The Morgan fingerprint density at radius 3 is 2.84 bits per heavy atom. The van der Waals surface area contributed by atoms with Crippen LogP contribution in [0.4, 0.5) is 11.5 Å². The quantitative estimate of drug-likeness (QED) is 0.441. The monoisotopic (exact) mass is 373 g/mol. The lowest BCUT2D eigenvalue weighted by atomic mass is 10.2. The number of aryl methyl sites for hydroxylation is 2. The smallest absolute Gasteiger partial charge is 0.225 e. The highest BCUT2D eigenvalue weighted by molar-refractivity contribution is 7.19. The van der Waals surface area contributed by atoms with Gasteiger partial charge in [-0.2, -0.15) is 4.98 Å². The van der Waals surface area contributed by atoms with E-state index in [0.29, 0.717) is 0 Å². The van der Waals surface area contributed by atoms with Crippen molar-refractivity contribution in [3.8, 4) is 5.75 Å². The second-order valence-electron chi connectivity index (χ2n) is 6.23. The maximum atomic E-state index is 6.13. The third-order valence-corrected chi connectivity index (χ3v) is 5.78. The van der Waals surface area contributed by atoms with Gasteiger partial charge < -0.3 is 10.1 Å². The fraction of sp³-hybridized carbons (Fsp3) is 0.368. The van der Waals surface area contributed by atoms with Gasteiger partial charge in [0.1, 0.15) is 16.4 Å². The molecule has 0 saturated heterocycles. The molecule has 1 aromatic carbocycles. The van der Waals surface area contributed by atoms with Crippen molar-refractivity contribution in [1.29, 1.82) is 0 Å². The molecule has 130 valence electrons. The molecule has 1 aliphatic rings. The Bertz CT molecular complexity index is 892. The van der Waals surface area contributed by atoms with E-state index in [1.165, 1.54) is 16.9 Å². The van der Waals surface area contributed by atoms with E-state index in [0.717, 1.165) is 59.8 Å². The van der Waals surface area contributed by atoms with Crippen LogP contribution >= 0.6 is 22.9 Å². The predicted molar refractivity (Wildman–Crippen MR) is 105 cm³/mol. The lowest BCUT2D eigenvalue weighted by Crippen LogP contribution is -1.98. The van der Waals surface area contributed by atoms with Gasteiger partial charge in [0.05, 0.1) is 12.0 Å². The zero-order chi connectivity index (χ0) is 17.2. The Morgan fingerprint density at radius 1 is 1.20 bits per heavy atom. The number of anilines is 2. The molecule has 1 aliphatic carbocycles. The number of halogens is 1. The molecule has 0 radical (unpaired) electrons. The summed E-state index contributed by atoms with van der Waals surface area (Å²) >= 11 is 7.88. The zero-order valence-corrected chi connectivity index (χ0v) is 15.7. The minimum absolute atomic E-state index is 0.287. The predicted octanol–water partition coefficient (Wildman–Crippen LogP) is 5.76. The second-order valence-corrected chi connectivity index (χ2v) is 7.65. The average Bonchev–Trinajstić information content (AvgIpc) is 3.17. The van der Waals surface area contributed by atoms with E-state index in [1.807, 2.05) is 24.3 Å². The number of thiophene rings is 1. The van der Waals surface area contributed by atoms with Gasteiger partial charge in [-0.1, -0.05) is 13.3 Å². The van der Waals surface area contributed by atoms with Crippen LogP contribution in [0, 0.1) is 0 Å². The van der Waals surface area contributed by atoms with E-state index in [2.05, 4.69) is 22.2 Å². The number of nitrogens with zero attached hydrogens (tertiary/aromatic N) is 2. The summed E-state index contributed by atoms with van der Waals surface area (Å²) in [6.45, 7) is 2.91. The van der Waals surface area contributed by atoms with E-state index in [-0.39, 0.29) is 5.28 Å². The first kappa shape index (κ1) is 16.6. The molecule has 0 aliphatic heterocycles. The Labute approximate surface area is 156 Å². The highest BCUT2D eigenvalue weighted by Crippen LogP contribution is 2.40. The first-order valence-electron chi connectivity index (χ1n) is 8.72. The van der Waals surface area contributed by atoms with Gasteiger partial charge in [0.2, 0.25) is 5.28 Å². The van der Waals surface area contributed by atoms with Gasteiger partial charge >= 0.3 is 0 Å². The summed E-state index contributed by atoms with van der Waals surface area (Å²) < 4.78 is 5.72. The molecule has 0 unspecified atom stereocenters. The van der Waals surface area contributed by atoms with Gasteiger partial charge in [0.25, 0.3) is 0 Å². The minimum Gasteiger partial charge on any atom is -0.494 e. The van der Waals surface area contributed by atoms with Gasteiger partial charge in [0.15, 0.2) is 0 Å². The third kappa shape index (κ3) is 3.44. The van der Waals surface area contributed by atoms with E-state index >= 15 is 0 Å². The maximum Gasteiger partial charge on any atom is 0.225 e. The second kappa shape index (κ2) is 7.18. The molecule has 0 atom stereocenters. The maximum absolute atomic E-state index is 6.13. The number of unbranched alkanes of at least 4 members (excludes halogenated alkanes) is 1. The van der Waals surface area contributed by atoms with Gasteiger partial charge in [-0.05, 0) is 67.1 Å². The summed E-state index contributed by atoms with van der Waals surface area (Å²) in [6, 6.07) is 7.98. The Morgan fingerprint density at radius 2 is 2.04 bits per heavy atom. The first-order chi connectivity index (χ1) is 12.2. The molecule has 2 aromatic heterocycles. The van der Waals surface area contributed by atoms with Crippen molar-refractivity contribution in [3.05, 3.63) is 40.0 Å². The summed E-state index contributed by atoms with van der Waals surface area (Å²) in [5.74, 6) is 1.69. The van der Waals surface area contributed by atoms with Crippen LogP contribution in [0.2, 0.25) is 5.28 Å². The normalized spacial score (nSPS) is 13.2. The SMILES string of the molecule is CCCCOc1ccc(Nc2nc(Cl)nc3sc4c(c23)CCC4)cc1. The largest absolute Gasteiger partial charge is 0.494 e. The fourth-order valence-electron chi connectivity index (χ4n) is 3.17. The molecule has 0 spiro atoms. The van der Waals surface area contributed by atoms with Crippen molar-refractivity contribution < 1.29 is 4.74 Å². The van der Waals surface area contributed by atoms with E-state index < -0.39 is 0 Å². The molecule has 0 fully saturated rings. The van der Waals surface area contributed by atoms with Crippen LogP contribution < -0.4 is 10.1 Å². The number of ether oxygens (including phenoxy) is 1. The average molecular weight is 374 g/mol. The lowest BCUT2D eigenvalue weighted by molar-refractivity contribution is 0.309. The number of aromatic nitrogens is 2. The van der Waals surface area contributed by atoms with E-state index in [4.69, 9.17) is 16.3 Å². The Kier molecular flexibility index (Phi) is 4.77. The summed E-state index contributed by atoms with van der Waals surface area (Å²) in [4.78, 5) is 11.3.